The summed E-state index contributed by atoms with van der Waals surface area (Å²) in [4.78, 5) is 12.8. The maximum absolute atomic E-state index is 12.5. The first-order valence-electron chi connectivity index (χ1n) is 7.86. The second kappa shape index (κ2) is 6.65. The van der Waals surface area contributed by atoms with E-state index in [-0.39, 0.29) is 11.7 Å². The number of sulfone groups is 1. The van der Waals surface area contributed by atoms with E-state index < -0.39 is 15.9 Å². The van der Waals surface area contributed by atoms with Gasteiger partial charge in [0.15, 0.2) is 9.84 Å². The SMILES string of the molecule is CCCOc1cccc(C(=O)NC2CS(=O)(=O)c3ccccc32)c1. The van der Waals surface area contributed by atoms with Crippen LogP contribution in [-0.4, -0.2) is 26.7 Å². The van der Waals surface area contributed by atoms with Crippen molar-refractivity contribution in [1.29, 1.82) is 0 Å². The highest BCUT2D eigenvalue weighted by Gasteiger charge is 2.35. The maximum Gasteiger partial charge on any atom is 0.251 e. The minimum absolute atomic E-state index is 0.107. The molecule has 1 aliphatic rings. The van der Waals surface area contributed by atoms with Gasteiger partial charge in [0.25, 0.3) is 5.91 Å². The Morgan fingerprint density at radius 1 is 1.21 bits per heavy atom. The molecule has 0 radical (unpaired) electrons. The molecule has 0 saturated heterocycles. The second-order valence-electron chi connectivity index (χ2n) is 5.72. The van der Waals surface area contributed by atoms with E-state index in [0.717, 1.165) is 6.42 Å². The summed E-state index contributed by atoms with van der Waals surface area (Å²) >= 11 is 0. The Kier molecular flexibility index (Phi) is 4.57. The molecule has 0 aromatic heterocycles. The van der Waals surface area contributed by atoms with Crippen LogP contribution < -0.4 is 10.1 Å². The van der Waals surface area contributed by atoms with E-state index in [1.807, 2.05) is 6.92 Å². The minimum atomic E-state index is -3.34. The third-order valence-electron chi connectivity index (χ3n) is 3.89. The van der Waals surface area contributed by atoms with E-state index in [4.69, 9.17) is 4.74 Å². The Hall–Kier alpha value is -2.34. The third-order valence-corrected chi connectivity index (χ3v) is 5.70. The molecule has 2 aromatic carbocycles. The normalized spacial score (nSPS) is 18.0. The van der Waals surface area contributed by atoms with E-state index in [1.165, 1.54) is 0 Å². The zero-order valence-corrected chi connectivity index (χ0v) is 14.2. The van der Waals surface area contributed by atoms with E-state index in [1.54, 1.807) is 48.5 Å². The summed E-state index contributed by atoms with van der Waals surface area (Å²) < 4.78 is 29.9. The van der Waals surface area contributed by atoms with Gasteiger partial charge in [0, 0.05) is 5.56 Å². The van der Waals surface area contributed by atoms with Crippen molar-refractivity contribution in [1.82, 2.24) is 5.32 Å². The summed E-state index contributed by atoms with van der Waals surface area (Å²) in [5.74, 6) is 0.210. The average molecular weight is 345 g/mol. The van der Waals surface area contributed by atoms with Gasteiger partial charge in [0.1, 0.15) is 5.75 Å². The standard InChI is InChI=1S/C18H19NO4S/c1-2-10-23-14-7-5-6-13(11-14)18(20)19-16-12-24(21,22)17-9-4-3-8-15(16)17/h3-9,11,16H,2,10,12H2,1H3,(H,19,20). The highest BCUT2D eigenvalue weighted by Crippen LogP contribution is 2.33. The van der Waals surface area contributed by atoms with Crippen molar-refractivity contribution in [2.75, 3.05) is 12.4 Å². The lowest BCUT2D eigenvalue weighted by atomic mass is 10.1. The fourth-order valence-electron chi connectivity index (χ4n) is 2.76. The first kappa shape index (κ1) is 16.5. The zero-order chi connectivity index (χ0) is 17.2. The van der Waals surface area contributed by atoms with Crippen LogP contribution >= 0.6 is 0 Å². The van der Waals surface area contributed by atoms with Crippen molar-refractivity contribution in [2.45, 2.75) is 24.3 Å². The van der Waals surface area contributed by atoms with E-state index >= 15 is 0 Å². The van der Waals surface area contributed by atoms with Crippen molar-refractivity contribution >= 4 is 15.7 Å². The number of carbonyl (C=O) groups excluding carboxylic acids is 1. The van der Waals surface area contributed by atoms with Gasteiger partial charge in [0.2, 0.25) is 0 Å². The second-order valence-corrected chi connectivity index (χ2v) is 7.72. The van der Waals surface area contributed by atoms with Gasteiger partial charge in [-0.1, -0.05) is 31.2 Å². The number of rotatable bonds is 5. The van der Waals surface area contributed by atoms with Crippen LogP contribution in [0.1, 0.15) is 35.3 Å². The molecule has 6 heteroatoms. The molecule has 0 spiro atoms. The Morgan fingerprint density at radius 3 is 2.79 bits per heavy atom. The molecule has 1 unspecified atom stereocenters. The van der Waals surface area contributed by atoms with E-state index in [0.29, 0.717) is 28.4 Å². The molecule has 5 nitrogen and oxygen atoms in total. The fraction of sp³-hybridized carbons (Fsp3) is 0.278. The number of carbonyl (C=O) groups is 1. The minimum Gasteiger partial charge on any atom is -0.494 e. The molecule has 1 atom stereocenters. The van der Waals surface area contributed by atoms with Gasteiger partial charge < -0.3 is 10.1 Å². The van der Waals surface area contributed by atoms with Gasteiger partial charge in [-0.3, -0.25) is 4.79 Å². The largest absolute Gasteiger partial charge is 0.494 e. The number of hydrogen-bond acceptors (Lipinski definition) is 4. The molecular formula is C18H19NO4S. The molecule has 1 aliphatic heterocycles. The summed E-state index contributed by atoms with van der Waals surface area (Å²) in [5, 5.41) is 2.82. The van der Waals surface area contributed by atoms with Crippen molar-refractivity contribution in [3.63, 3.8) is 0 Å². The van der Waals surface area contributed by atoms with Crippen LogP contribution in [0.5, 0.6) is 5.75 Å². The van der Waals surface area contributed by atoms with Crippen LogP contribution in [0.25, 0.3) is 0 Å². The molecule has 0 saturated carbocycles. The fourth-order valence-corrected chi connectivity index (χ4v) is 4.50. The smallest absolute Gasteiger partial charge is 0.251 e. The molecule has 0 bridgehead atoms. The summed E-state index contributed by atoms with van der Waals surface area (Å²) in [5.41, 5.74) is 1.09. The number of fused-ring (bicyclic) bond motifs is 1. The summed E-state index contributed by atoms with van der Waals surface area (Å²) in [6, 6.07) is 13.2. The van der Waals surface area contributed by atoms with Crippen LogP contribution in [-0.2, 0) is 9.84 Å². The van der Waals surface area contributed by atoms with E-state index in [2.05, 4.69) is 5.32 Å². The highest BCUT2D eigenvalue weighted by atomic mass is 32.2. The van der Waals surface area contributed by atoms with Crippen LogP contribution in [0.3, 0.4) is 0 Å². The van der Waals surface area contributed by atoms with Crippen molar-refractivity contribution in [3.8, 4) is 5.75 Å². The quantitative estimate of drug-likeness (QED) is 0.904. The molecule has 3 rings (SSSR count). The van der Waals surface area contributed by atoms with Gasteiger partial charge in [-0.15, -0.1) is 0 Å². The van der Waals surface area contributed by atoms with E-state index in [9.17, 15) is 13.2 Å². The average Bonchev–Trinajstić information content (AvgIpc) is 2.84. The summed E-state index contributed by atoms with van der Waals surface area (Å²) in [7, 11) is -3.34. The first-order chi connectivity index (χ1) is 11.5. The highest BCUT2D eigenvalue weighted by molar-refractivity contribution is 7.91. The number of amides is 1. The monoisotopic (exact) mass is 345 g/mol. The summed E-state index contributed by atoms with van der Waals surface area (Å²) in [6.45, 7) is 2.59. The molecule has 0 fully saturated rings. The molecule has 1 N–H and O–H groups in total. The van der Waals surface area contributed by atoms with Gasteiger partial charge >= 0.3 is 0 Å². The number of ether oxygens (including phenoxy) is 1. The molecule has 1 amide bonds. The Morgan fingerprint density at radius 2 is 2.00 bits per heavy atom. The van der Waals surface area contributed by atoms with Crippen molar-refractivity contribution < 1.29 is 17.9 Å². The molecule has 1 heterocycles. The Labute approximate surface area is 141 Å². The molecule has 0 aliphatic carbocycles. The van der Waals surface area contributed by atoms with Crippen LogP contribution in [0.15, 0.2) is 53.4 Å². The van der Waals surface area contributed by atoms with Gasteiger partial charge in [-0.2, -0.15) is 0 Å². The Bertz CT molecular complexity index is 861. The van der Waals surface area contributed by atoms with Crippen LogP contribution in [0.4, 0.5) is 0 Å². The number of benzene rings is 2. The Balaban J connectivity index is 1.79. The molecule has 2 aromatic rings. The first-order valence-corrected chi connectivity index (χ1v) is 9.52. The van der Waals surface area contributed by atoms with Gasteiger partial charge in [-0.05, 0) is 36.2 Å². The topological polar surface area (TPSA) is 72.5 Å². The van der Waals surface area contributed by atoms with Crippen molar-refractivity contribution in [2.24, 2.45) is 0 Å². The predicted molar refractivity (Wildman–Crippen MR) is 90.9 cm³/mol. The molecule has 24 heavy (non-hydrogen) atoms. The molecule has 126 valence electrons. The lowest BCUT2D eigenvalue weighted by Gasteiger charge is -2.13. The zero-order valence-electron chi connectivity index (χ0n) is 13.4. The van der Waals surface area contributed by atoms with Crippen LogP contribution in [0.2, 0.25) is 0 Å². The third kappa shape index (κ3) is 3.28. The summed E-state index contributed by atoms with van der Waals surface area (Å²) in [6.07, 6.45) is 0.882. The van der Waals surface area contributed by atoms with Crippen LogP contribution in [0, 0.1) is 0 Å². The molecular weight excluding hydrogens is 326 g/mol. The number of hydrogen-bond donors (Lipinski definition) is 1. The van der Waals surface area contributed by atoms with Gasteiger partial charge in [-0.25, -0.2) is 8.42 Å². The van der Waals surface area contributed by atoms with Crippen molar-refractivity contribution in [3.05, 3.63) is 59.7 Å². The lowest BCUT2D eigenvalue weighted by Crippen LogP contribution is -2.29. The van der Waals surface area contributed by atoms with Gasteiger partial charge in [0.05, 0.1) is 23.3 Å². The lowest BCUT2D eigenvalue weighted by molar-refractivity contribution is 0.0940. The number of nitrogens with one attached hydrogen (secondary N) is 1. The predicted octanol–water partition coefficient (Wildman–Crippen LogP) is 2.73. The maximum atomic E-state index is 12.5.